The van der Waals surface area contributed by atoms with Crippen molar-refractivity contribution in [3.63, 3.8) is 0 Å². The summed E-state index contributed by atoms with van der Waals surface area (Å²) in [6, 6.07) is 4.80. The number of fused-ring (bicyclic) bond motifs is 1. The van der Waals surface area contributed by atoms with E-state index in [-0.39, 0.29) is 0 Å². The molecule has 0 radical (unpaired) electrons. The van der Waals surface area contributed by atoms with Crippen LogP contribution < -0.4 is 14.8 Å². The van der Waals surface area contributed by atoms with E-state index in [0.717, 1.165) is 30.9 Å². The summed E-state index contributed by atoms with van der Waals surface area (Å²) < 4.78 is 11.2. The van der Waals surface area contributed by atoms with Crippen LogP contribution in [0.25, 0.3) is 0 Å². The lowest BCUT2D eigenvalue weighted by Crippen LogP contribution is -2.24. The lowest BCUT2D eigenvalue weighted by atomic mass is 10.0. The SMILES string of the molecule is Cc1cc2c(cc1CCCNC(C)C)OCCO2. The molecule has 0 amide bonds. The predicted molar refractivity (Wildman–Crippen MR) is 73.6 cm³/mol. The molecule has 1 aliphatic rings. The van der Waals surface area contributed by atoms with E-state index < -0.39 is 0 Å². The normalized spacial score (nSPS) is 14.0. The number of rotatable bonds is 5. The molecular formula is C15H23NO2. The first-order chi connectivity index (χ1) is 8.66. The van der Waals surface area contributed by atoms with Gasteiger partial charge in [0.25, 0.3) is 0 Å². The number of hydrogen-bond acceptors (Lipinski definition) is 3. The molecule has 0 aliphatic carbocycles. The molecule has 1 aromatic rings. The number of hydrogen-bond donors (Lipinski definition) is 1. The second kappa shape index (κ2) is 6.10. The van der Waals surface area contributed by atoms with Gasteiger partial charge in [0.05, 0.1) is 0 Å². The molecule has 0 unspecified atom stereocenters. The average molecular weight is 249 g/mol. The lowest BCUT2D eigenvalue weighted by molar-refractivity contribution is 0.171. The van der Waals surface area contributed by atoms with E-state index in [1.165, 1.54) is 11.1 Å². The van der Waals surface area contributed by atoms with Crippen LogP contribution in [-0.4, -0.2) is 25.8 Å². The molecule has 2 rings (SSSR count). The molecule has 1 aliphatic heterocycles. The number of ether oxygens (including phenoxy) is 2. The molecule has 0 saturated heterocycles. The van der Waals surface area contributed by atoms with Gasteiger partial charge in [-0.15, -0.1) is 0 Å². The number of aryl methyl sites for hydroxylation is 2. The van der Waals surface area contributed by atoms with Gasteiger partial charge in [0.15, 0.2) is 11.5 Å². The zero-order chi connectivity index (χ0) is 13.0. The molecule has 3 heteroatoms. The van der Waals surface area contributed by atoms with Gasteiger partial charge in [-0.2, -0.15) is 0 Å². The molecule has 0 bridgehead atoms. The van der Waals surface area contributed by atoms with Crippen molar-refractivity contribution in [2.24, 2.45) is 0 Å². The van der Waals surface area contributed by atoms with Crippen molar-refractivity contribution in [2.75, 3.05) is 19.8 Å². The summed E-state index contributed by atoms with van der Waals surface area (Å²) in [5.74, 6) is 1.79. The van der Waals surface area contributed by atoms with Crippen molar-refractivity contribution in [1.29, 1.82) is 0 Å². The zero-order valence-corrected chi connectivity index (χ0v) is 11.6. The highest BCUT2D eigenvalue weighted by molar-refractivity contribution is 5.47. The molecule has 3 nitrogen and oxygen atoms in total. The van der Waals surface area contributed by atoms with Gasteiger partial charge >= 0.3 is 0 Å². The Morgan fingerprint density at radius 1 is 1.17 bits per heavy atom. The largest absolute Gasteiger partial charge is 0.486 e. The van der Waals surface area contributed by atoms with Gasteiger partial charge in [0.2, 0.25) is 0 Å². The Hall–Kier alpha value is -1.22. The van der Waals surface area contributed by atoms with E-state index >= 15 is 0 Å². The Kier molecular flexibility index (Phi) is 4.48. The summed E-state index contributed by atoms with van der Waals surface area (Å²) in [5.41, 5.74) is 2.66. The standard InChI is InChI=1S/C15H23NO2/c1-11(2)16-6-4-5-13-10-15-14(9-12(13)3)17-7-8-18-15/h9-11,16H,4-8H2,1-3H3. The summed E-state index contributed by atoms with van der Waals surface area (Å²) in [6.45, 7) is 8.87. The first-order valence-corrected chi connectivity index (χ1v) is 6.79. The molecule has 0 spiro atoms. The Labute approximate surface area is 109 Å². The monoisotopic (exact) mass is 249 g/mol. The third-order valence-electron chi connectivity index (χ3n) is 3.18. The average Bonchev–Trinajstić information content (AvgIpc) is 2.34. The third kappa shape index (κ3) is 3.39. The van der Waals surface area contributed by atoms with Gasteiger partial charge < -0.3 is 14.8 Å². The van der Waals surface area contributed by atoms with Crippen molar-refractivity contribution in [3.8, 4) is 11.5 Å². The summed E-state index contributed by atoms with van der Waals surface area (Å²) in [4.78, 5) is 0. The number of benzene rings is 1. The van der Waals surface area contributed by atoms with Crippen LogP contribution in [0.1, 0.15) is 31.4 Å². The van der Waals surface area contributed by atoms with Crippen molar-refractivity contribution in [2.45, 2.75) is 39.7 Å². The maximum atomic E-state index is 5.62. The second-order valence-electron chi connectivity index (χ2n) is 5.13. The quantitative estimate of drug-likeness (QED) is 0.814. The first kappa shape index (κ1) is 13.2. The Bertz CT molecular complexity index is 402. The fraction of sp³-hybridized carbons (Fsp3) is 0.600. The van der Waals surface area contributed by atoms with Gasteiger partial charge in [-0.25, -0.2) is 0 Å². The summed E-state index contributed by atoms with van der Waals surface area (Å²) in [6.07, 6.45) is 2.24. The van der Waals surface area contributed by atoms with Gasteiger partial charge in [-0.05, 0) is 49.6 Å². The van der Waals surface area contributed by atoms with E-state index in [2.05, 4.69) is 38.2 Å². The van der Waals surface area contributed by atoms with E-state index in [0.29, 0.717) is 19.3 Å². The van der Waals surface area contributed by atoms with E-state index in [1.807, 2.05) is 0 Å². The maximum absolute atomic E-state index is 5.62. The Balaban J connectivity index is 1.95. The van der Waals surface area contributed by atoms with Crippen LogP contribution in [0.5, 0.6) is 11.5 Å². The van der Waals surface area contributed by atoms with Gasteiger partial charge in [0.1, 0.15) is 13.2 Å². The molecule has 18 heavy (non-hydrogen) atoms. The topological polar surface area (TPSA) is 30.5 Å². The third-order valence-corrected chi connectivity index (χ3v) is 3.18. The van der Waals surface area contributed by atoms with Crippen LogP contribution >= 0.6 is 0 Å². The van der Waals surface area contributed by atoms with Crippen molar-refractivity contribution < 1.29 is 9.47 Å². The Morgan fingerprint density at radius 2 is 1.83 bits per heavy atom. The van der Waals surface area contributed by atoms with Gasteiger partial charge in [-0.1, -0.05) is 13.8 Å². The molecule has 100 valence electrons. The van der Waals surface area contributed by atoms with E-state index in [9.17, 15) is 0 Å². The minimum Gasteiger partial charge on any atom is -0.486 e. The van der Waals surface area contributed by atoms with Crippen LogP contribution in [-0.2, 0) is 6.42 Å². The maximum Gasteiger partial charge on any atom is 0.161 e. The van der Waals surface area contributed by atoms with Crippen molar-refractivity contribution >= 4 is 0 Å². The van der Waals surface area contributed by atoms with Gasteiger partial charge in [-0.3, -0.25) is 0 Å². The predicted octanol–water partition coefficient (Wildman–Crippen LogP) is 2.70. The zero-order valence-electron chi connectivity index (χ0n) is 11.6. The Morgan fingerprint density at radius 3 is 2.50 bits per heavy atom. The van der Waals surface area contributed by atoms with Crippen LogP contribution in [0, 0.1) is 6.92 Å². The summed E-state index contributed by atoms with van der Waals surface area (Å²) >= 11 is 0. The molecule has 1 heterocycles. The van der Waals surface area contributed by atoms with Crippen molar-refractivity contribution in [3.05, 3.63) is 23.3 Å². The first-order valence-electron chi connectivity index (χ1n) is 6.79. The lowest BCUT2D eigenvalue weighted by Gasteiger charge is -2.20. The van der Waals surface area contributed by atoms with Crippen LogP contribution in [0.4, 0.5) is 0 Å². The highest BCUT2D eigenvalue weighted by Gasteiger charge is 2.13. The molecule has 1 aromatic carbocycles. The highest BCUT2D eigenvalue weighted by Crippen LogP contribution is 2.33. The van der Waals surface area contributed by atoms with Gasteiger partial charge in [0, 0.05) is 6.04 Å². The molecule has 0 fully saturated rings. The van der Waals surface area contributed by atoms with E-state index in [1.54, 1.807) is 0 Å². The van der Waals surface area contributed by atoms with E-state index in [4.69, 9.17) is 9.47 Å². The minimum absolute atomic E-state index is 0.561. The molecule has 0 aromatic heterocycles. The molecule has 0 atom stereocenters. The van der Waals surface area contributed by atoms with Crippen LogP contribution in [0.15, 0.2) is 12.1 Å². The van der Waals surface area contributed by atoms with Crippen LogP contribution in [0.2, 0.25) is 0 Å². The summed E-state index contributed by atoms with van der Waals surface area (Å²) in [7, 11) is 0. The molecule has 1 N–H and O–H groups in total. The fourth-order valence-corrected chi connectivity index (χ4v) is 2.17. The smallest absolute Gasteiger partial charge is 0.161 e. The number of nitrogens with one attached hydrogen (secondary N) is 1. The fourth-order valence-electron chi connectivity index (χ4n) is 2.17. The highest BCUT2D eigenvalue weighted by atomic mass is 16.6. The summed E-state index contributed by atoms with van der Waals surface area (Å²) in [5, 5.41) is 3.44. The second-order valence-corrected chi connectivity index (χ2v) is 5.13. The van der Waals surface area contributed by atoms with Crippen LogP contribution in [0.3, 0.4) is 0 Å². The minimum atomic E-state index is 0.561. The van der Waals surface area contributed by atoms with Crippen molar-refractivity contribution in [1.82, 2.24) is 5.32 Å². The molecule has 0 saturated carbocycles. The molecular weight excluding hydrogens is 226 g/mol.